The molecule has 2 aromatic heterocycles. The highest BCUT2D eigenvalue weighted by Gasteiger charge is 2.29. The molecule has 1 aliphatic heterocycles. The van der Waals surface area contributed by atoms with Gasteiger partial charge in [0.2, 0.25) is 0 Å². The number of nitrogens with one attached hydrogen (secondary N) is 3. The predicted molar refractivity (Wildman–Crippen MR) is 107 cm³/mol. The molecule has 5 rings (SSSR count). The molecule has 2 aliphatic rings. The maximum absolute atomic E-state index is 12.6. The van der Waals surface area contributed by atoms with Crippen LogP contribution in [0, 0.1) is 0 Å². The van der Waals surface area contributed by atoms with Crippen molar-refractivity contribution in [2.45, 2.75) is 38.5 Å². The van der Waals surface area contributed by atoms with E-state index in [4.69, 9.17) is 4.74 Å². The van der Waals surface area contributed by atoms with Gasteiger partial charge in [0.15, 0.2) is 5.69 Å². The molecule has 8 nitrogen and oxygen atoms in total. The smallest absolute Gasteiger partial charge is 0.272 e. The standard InChI is InChI=1S/C21H23N5O3/c27-20(15-2-1-3-17-14(15)6-8-22-17)23-9-10-26-18-7-11-29-12-16(18)19(25-26)21(28)24-13-4-5-13/h1-3,6,8,13,22H,4-5,7,9-12H2,(H,23,27)(H,24,28). The molecule has 0 radical (unpaired) electrons. The third kappa shape index (κ3) is 3.51. The van der Waals surface area contributed by atoms with Gasteiger partial charge in [0.1, 0.15) is 0 Å². The molecule has 0 saturated heterocycles. The molecule has 1 fully saturated rings. The predicted octanol–water partition coefficient (Wildman–Crippen LogP) is 1.76. The van der Waals surface area contributed by atoms with Crippen molar-refractivity contribution in [3.63, 3.8) is 0 Å². The Morgan fingerprint density at radius 2 is 2.14 bits per heavy atom. The number of nitrogens with zero attached hydrogens (tertiary/aromatic N) is 2. The Labute approximate surface area is 167 Å². The number of rotatable bonds is 6. The molecule has 8 heteroatoms. The average Bonchev–Trinajstić information content (AvgIpc) is 3.28. The lowest BCUT2D eigenvalue weighted by Gasteiger charge is -2.15. The molecule has 3 aromatic rings. The zero-order valence-corrected chi connectivity index (χ0v) is 16.0. The first-order chi connectivity index (χ1) is 14.2. The number of H-pyrrole nitrogens is 1. The van der Waals surface area contributed by atoms with Crippen molar-refractivity contribution in [2.24, 2.45) is 0 Å². The molecular weight excluding hydrogens is 370 g/mol. The normalized spacial score (nSPS) is 15.9. The Balaban J connectivity index is 1.29. The second kappa shape index (κ2) is 7.36. The monoisotopic (exact) mass is 393 g/mol. The van der Waals surface area contributed by atoms with E-state index in [9.17, 15) is 9.59 Å². The summed E-state index contributed by atoms with van der Waals surface area (Å²) < 4.78 is 7.39. The second-order valence-electron chi connectivity index (χ2n) is 7.55. The number of benzene rings is 1. The SMILES string of the molecule is O=C(NC1CC1)c1nn(CCNC(=O)c2cccc3[nH]ccc23)c2c1COCC2. The van der Waals surface area contributed by atoms with Crippen LogP contribution in [0.25, 0.3) is 10.9 Å². The molecular formula is C21H23N5O3. The van der Waals surface area contributed by atoms with E-state index in [1.807, 2.05) is 35.1 Å². The highest BCUT2D eigenvalue weighted by molar-refractivity contribution is 6.06. The zero-order valence-electron chi connectivity index (χ0n) is 16.0. The van der Waals surface area contributed by atoms with Crippen LogP contribution in [0.5, 0.6) is 0 Å². The lowest BCUT2D eigenvalue weighted by molar-refractivity contribution is 0.0921. The molecule has 1 aliphatic carbocycles. The molecule has 0 atom stereocenters. The molecule has 150 valence electrons. The van der Waals surface area contributed by atoms with Crippen LogP contribution in [0.2, 0.25) is 0 Å². The number of carbonyl (C=O) groups excluding carboxylic acids is 2. The maximum Gasteiger partial charge on any atom is 0.272 e. The summed E-state index contributed by atoms with van der Waals surface area (Å²) in [5, 5.41) is 11.4. The molecule has 1 aromatic carbocycles. The van der Waals surface area contributed by atoms with E-state index >= 15 is 0 Å². The van der Waals surface area contributed by atoms with E-state index in [1.54, 1.807) is 0 Å². The number of fused-ring (bicyclic) bond motifs is 2. The number of hydrogen-bond acceptors (Lipinski definition) is 4. The molecule has 1 saturated carbocycles. The van der Waals surface area contributed by atoms with Gasteiger partial charge in [-0.05, 0) is 31.0 Å². The molecule has 0 spiro atoms. The lowest BCUT2D eigenvalue weighted by atomic mass is 10.1. The fraction of sp³-hybridized carbons (Fsp3) is 0.381. The maximum atomic E-state index is 12.6. The van der Waals surface area contributed by atoms with Crippen LogP contribution >= 0.6 is 0 Å². The molecule has 2 amide bonds. The highest BCUT2D eigenvalue weighted by Crippen LogP contribution is 2.24. The summed E-state index contributed by atoms with van der Waals surface area (Å²) >= 11 is 0. The van der Waals surface area contributed by atoms with E-state index in [-0.39, 0.29) is 17.9 Å². The summed E-state index contributed by atoms with van der Waals surface area (Å²) in [5.41, 5.74) is 3.93. The summed E-state index contributed by atoms with van der Waals surface area (Å²) in [6.45, 7) is 1.96. The Morgan fingerprint density at radius 1 is 1.24 bits per heavy atom. The van der Waals surface area contributed by atoms with Gasteiger partial charge in [-0.25, -0.2) is 0 Å². The molecule has 3 N–H and O–H groups in total. The van der Waals surface area contributed by atoms with E-state index < -0.39 is 0 Å². The second-order valence-corrected chi connectivity index (χ2v) is 7.55. The topological polar surface area (TPSA) is 101 Å². The molecule has 29 heavy (non-hydrogen) atoms. The quantitative estimate of drug-likeness (QED) is 0.594. The van der Waals surface area contributed by atoms with Gasteiger partial charge in [-0.1, -0.05) is 6.07 Å². The van der Waals surface area contributed by atoms with Gasteiger partial charge in [-0.2, -0.15) is 5.10 Å². The minimum atomic E-state index is -0.129. The van der Waals surface area contributed by atoms with Gasteiger partial charge in [0.05, 0.1) is 19.8 Å². The van der Waals surface area contributed by atoms with Gasteiger partial charge < -0.3 is 20.4 Å². The first kappa shape index (κ1) is 17.9. The van der Waals surface area contributed by atoms with Gasteiger partial charge in [-0.15, -0.1) is 0 Å². The van der Waals surface area contributed by atoms with E-state index in [0.717, 1.165) is 41.4 Å². The summed E-state index contributed by atoms with van der Waals surface area (Å²) in [6, 6.07) is 7.81. The minimum absolute atomic E-state index is 0.119. The van der Waals surface area contributed by atoms with Crippen LogP contribution in [0.15, 0.2) is 30.5 Å². The van der Waals surface area contributed by atoms with Crippen LogP contribution in [0.3, 0.4) is 0 Å². The van der Waals surface area contributed by atoms with E-state index in [0.29, 0.717) is 37.6 Å². The summed E-state index contributed by atoms with van der Waals surface area (Å²) in [4.78, 5) is 28.3. The lowest BCUT2D eigenvalue weighted by Crippen LogP contribution is -2.28. The van der Waals surface area contributed by atoms with Crippen LogP contribution in [0.4, 0.5) is 0 Å². The first-order valence-corrected chi connectivity index (χ1v) is 10.0. The van der Waals surface area contributed by atoms with Crippen LogP contribution in [-0.4, -0.2) is 45.8 Å². The van der Waals surface area contributed by atoms with Gasteiger partial charge in [0, 0.05) is 52.9 Å². The Hall–Kier alpha value is -3.13. The number of carbonyl (C=O) groups is 2. The summed E-state index contributed by atoms with van der Waals surface area (Å²) in [7, 11) is 0. The zero-order chi connectivity index (χ0) is 19.8. The van der Waals surface area contributed by atoms with E-state index in [2.05, 4.69) is 20.7 Å². The number of ether oxygens (including phenoxy) is 1. The molecule has 0 unspecified atom stereocenters. The number of amides is 2. The Morgan fingerprint density at radius 3 is 3.00 bits per heavy atom. The van der Waals surface area contributed by atoms with Gasteiger partial charge in [0.25, 0.3) is 11.8 Å². The van der Waals surface area contributed by atoms with Gasteiger partial charge >= 0.3 is 0 Å². The van der Waals surface area contributed by atoms with Gasteiger partial charge in [-0.3, -0.25) is 14.3 Å². The third-order valence-corrected chi connectivity index (χ3v) is 5.47. The Bertz CT molecular complexity index is 1080. The van der Waals surface area contributed by atoms with E-state index in [1.165, 1.54) is 0 Å². The minimum Gasteiger partial charge on any atom is -0.376 e. The van der Waals surface area contributed by atoms with Crippen molar-refractivity contribution in [1.29, 1.82) is 0 Å². The fourth-order valence-electron chi connectivity index (χ4n) is 3.81. The summed E-state index contributed by atoms with van der Waals surface area (Å²) in [6.07, 6.45) is 4.61. The number of hydrogen-bond donors (Lipinski definition) is 3. The first-order valence-electron chi connectivity index (χ1n) is 10.0. The van der Waals surface area contributed by atoms with Crippen molar-refractivity contribution in [2.75, 3.05) is 13.2 Å². The average molecular weight is 393 g/mol. The van der Waals surface area contributed by atoms with Crippen molar-refractivity contribution < 1.29 is 14.3 Å². The number of aromatic amines is 1. The molecule has 0 bridgehead atoms. The number of aromatic nitrogens is 3. The Kier molecular flexibility index (Phi) is 4.55. The van der Waals surface area contributed by atoms with Crippen LogP contribution in [-0.2, 0) is 24.3 Å². The van der Waals surface area contributed by atoms with Crippen molar-refractivity contribution in [1.82, 2.24) is 25.4 Å². The largest absolute Gasteiger partial charge is 0.376 e. The summed E-state index contributed by atoms with van der Waals surface area (Å²) in [5.74, 6) is -0.248. The third-order valence-electron chi connectivity index (χ3n) is 5.47. The fourth-order valence-corrected chi connectivity index (χ4v) is 3.81. The van der Waals surface area contributed by atoms with Crippen molar-refractivity contribution >= 4 is 22.7 Å². The van der Waals surface area contributed by atoms with Crippen molar-refractivity contribution in [3.8, 4) is 0 Å². The molecule has 3 heterocycles. The van der Waals surface area contributed by atoms with Crippen molar-refractivity contribution in [3.05, 3.63) is 53.0 Å². The van der Waals surface area contributed by atoms with Crippen LogP contribution < -0.4 is 10.6 Å². The van der Waals surface area contributed by atoms with Crippen LogP contribution in [0.1, 0.15) is 44.9 Å². The highest BCUT2D eigenvalue weighted by atomic mass is 16.5.